The van der Waals surface area contributed by atoms with Crippen LogP contribution in [-0.4, -0.2) is 25.0 Å². The summed E-state index contributed by atoms with van der Waals surface area (Å²) in [7, 11) is 0. The lowest BCUT2D eigenvalue weighted by Crippen LogP contribution is -2.32. The van der Waals surface area contributed by atoms with E-state index in [9.17, 15) is 4.79 Å². The van der Waals surface area contributed by atoms with Crippen molar-refractivity contribution in [1.29, 1.82) is 0 Å². The zero-order valence-corrected chi connectivity index (χ0v) is 9.98. The monoisotopic (exact) mass is 262 g/mol. The van der Waals surface area contributed by atoms with Crippen molar-refractivity contribution in [2.45, 2.75) is 6.04 Å². The van der Waals surface area contributed by atoms with Crippen LogP contribution in [0.4, 0.5) is 0 Å². The third-order valence-corrected chi connectivity index (χ3v) is 3.39. The molecule has 0 spiro atoms. The molecule has 0 bridgehead atoms. The largest absolute Gasteiger partial charge is 0.440 e. The number of hydrogen-bond donors (Lipinski definition) is 2. The molecule has 16 heavy (non-hydrogen) atoms. The highest BCUT2D eigenvalue weighted by atomic mass is 35.5. The van der Waals surface area contributed by atoms with Crippen molar-refractivity contribution in [3.63, 3.8) is 0 Å². The van der Waals surface area contributed by atoms with E-state index in [1.807, 2.05) is 0 Å². The number of piperidine rings is 1. The maximum Gasteiger partial charge on any atom is 0.287 e. The van der Waals surface area contributed by atoms with Gasteiger partial charge in [0.2, 0.25) is 0 Å². The minimum Gasteiger partial charge on any atom is -0.440 e. The van der Waals surface area contributed by atoms with E-state index in [1.165, 1.54) is 0 Å². The van der Waals surface area contributed by atoms with Crippen LogP contribution < -0.4 is 10.6 Å². The Kier molecular flexibility index (Phi) is 3.15. The molecule has 1 amide bonds. The lowest BCUT2D eigenvalue weighted by atomic mass is 10.4. The van der Waals surface area contributed by atoms with Gasteiger partial charge in [0.1, 0.15) is 0 Å². The first-order chi connectivity index (χ1) is 7.25. The van der Waals surface area contributed by atoms with Crippen molar-refractivity contribution in [2.24, 2.45) is 11.8 Å². The predicted octanol–water partition coefficient (Wildman–Crippen LogP) is 1.30. The summed E-state index contributed by atoms with van der Waals surface area (Å²) in [6.45, 7) is 2.02. The third-order valence-electron chi connectivity index (χ3n) is 3.19. The first-order valence-corrected chi connectivity index (χ1v) is 5.40. The van der Waals surface area contributed by atoms with Gasteiger partial charge in [-0.2, -0.15) is 0 Å². The van der Waals surface area contributed by atoms with Gasteiger partial charge in [-0.15, -0.1) is 12.4 Å². The number of carbonyl (C=O) groups is 1. The second kappa shape index (κ2) is 4.28. The second-order valence-corrected chi connectivity index (χ2v) is 4.46. The number of carbonyl (C=O) groups excluding carboxylic acids is 1. The summed E-state index contributed by atoms with van der Waals surface area (Å²) in [6.07, 6.45) is 0. The zero-order valence-electron chi connectivity index (χ0n) is 8.40. The van der Waals surface area contributed by atoms with Crippen molar-refractivity contribution in [3.8, 4) is 0 Å². The third kappa shape index (κ3) is 1.93. The Balaban J connectivity index is 0.000000963. The number of furan rings is 1. The first-order valence-electron chi connectivity index (χ1n) is 5.02. The van der Waals surface area contributed by atoms with Gasteiger partial charge in [-0.25, -0.2) is 0 Å². The molecule has 0 radical (unpaired) electrons. The van der Waals surface area contributed by atoms with Gasteiger partial charge in [0.05, 0.1) is 0 Å². The van der Waals surface area contributed by atoms with Gasteiger partial charge >= 0.3 is 0 Å². The summed E-state index contributed by atoms with van der Waals surface area (Å²) in [5.41, 5.74) is 0. The summed E-state index contributed by atoms with van der Waals surface area (Å²) in [6, 6.07) is 3.49. The fraction of sp³-hybridized carbons (Fsp3) is 0.500. The van der Waals surface area contributed by atoms with E-state index < -0.39 is 0 Å². The summed E-state index contributed by atoms with van der Waals surface area (Å²) in [5, 5.41) is 6.48. The van der Waals surface area contributed by atoms with Gasteiger partial charge in [-0.1, -0.05) is 0 Å². The van der Waals surface area contributed by atoms with Gasteiger partial charge in [0.25, 0.3) is 5.91 Å². The lowest BCUT2D eigenvalue weighted by molar-refractivity contribution is 0.0919. The topological polar surface area (TPSA) is 54.3 Å². The van der Waals surface area contributed by atoms with Crippen molar-refractivity contribution >= 4 is 29.9 Å². The number of nitrogens with one attached hydrogen (secondary N) is 2. The van der Waals surface area contributed by atoms with E-state index >= 15 is 0 Å². The molecule has 1 aliphatic carbocycles. The molecular weight excluding hydrogens is 251 g/mol. The van der Waals surface area contributed by atoms with Gasteiger partial charge in [0, 0.05) is 19.1 Å². The Morgan fingerprint density at radius 1 is 1.44 bits per heavy atom. The van der Waals surface area contributed by atoms with Crippen molar-refractivity contribution < 1.29 is 9.21 Å². The van der Waals surface area contributed by atoms with Crippen LogP contribution >= 0.6 is 24.0 Å². The van der Waals surface area contributed by atoms with Crippen molar-refractivity contribution in [2.75, 3.05) is 13.1 Å². The van der Waals surface area contributed by atoms with Crippen molar-refractivity contribution in [3.05, 3.63) is 23.1 Å². The highest BCUT2D eigenvalue weighted by molar-refractivity contribution is 6.29. The Labute approximate surface area is 104 Å². The van der Waals surface area contributed by atoms with Crippen LogP contribution in [0.25, 0.3) is 0 Å². The van der Waals surface area contributed by atoms with Crippen LogP contribution in [0.3, 0.4) is 0 Å². The van der Waals surface area contributed by atoms with Gasteiger partial charge in [0.15, 0.2) is 11.0 Å². The molecule has 88 valence electrons. The van der Waals surface area contributed by atoms with E-state index in [0.29, 0.717) is 17.9 Å². The molecule has 2 fully saturated rings. The quantitative estimate of drug-likeness (QED) is 0.845. The standard InChI is InChI=1S/C10H11ClN2O2.ClH/c11-8-2-1-7(15-8)10(14)13-9-5-3-12-4-6(5)9;/h1-2,5-6,9,12H,3-4H2,(H,13,14);1H. The smallest absolute Gasteiger partial charge is 0.287 e. The molecule has 2 unspecified atom stereocenters. The summed E-state index contributed by atoms with van der Waals surface area (Å²) in [4.78, 5) is 11.7. The molecule has 1 saturated carbocycles. The number of amides is 1. The molecule has 0 aromatic carbocycles. The van der Waals surface area contributed by atoms with Crippen LogP contribution in [-0.2, 0) is 0 Å². The Bertz CT molecular complexity index is 397. The molecule has 4 nitrogen and oxygen atoms in total. The van der Waals surface area contributed by atoms with E-state index in [0.717, 1.165) is 13.1 Å². The summed E-state index contributed by atoms with van der Waals surface area (Å²) < 4.78 is 5.03. The highest BCUT2D eigenvalue weighted by Gasteiger charge is 2.53. The zero-order chi connectivity index (χ0) is 10.4. The minimum atomic E-state index is -0.165. The van der Waals surface area contributed by atoms with Crippen molar-refractivity contribution in [1.82, 2.24) is 10.6 Å². The molecule has 1 aliphatic heterocycles. The maximum atomic E-state index is 11.7. The summed E-state index contributed by atoms with van der Waals surface area (Å²) in [5.74, 6) is 1.35. The molecular formula is C10H12Cl2N2O2. The molecule has 2 aliphatic rings. The lowest BCUT2D eigenvalue weighted by Gasteiger charge is -2.05. The average Bonchev–Trinajstić information content (AvgIpc) is 2.66. The average molecular weight is 263 g/mol. The molecule has 2 atom stereocenters. The molecule has 6 heteroatoms. The van der Waals surface area contributed by atoms with E-state index in [2.05, 4.69) is 10.6 Å². The molecule has 1 aromatic heterocycles. The number of rotatable bonds is 2. The normalized spacial score (nSPS) is 30.4. The minimum absolute atomic E-state index is 0. The number of fused-ring (bicyclic) bond motifs is 1. The first kappa shape index (κ1) is 11.8. The van der Waals surface area contributed by atoms with Gasteiger partial charge in [-0.05, 0) is 35.6 Å². The second-order valence-electron chi connectivity index (χ2n) is 4.09. The van der Waals surface area contributed by atoms with Crippen LogP contribution in [0.15, 0.2) is 16.5 Å². The molecule has 2 heterocycles. The molecule has 1 aromatic rings. The Morgan fingerprint density at radius 3 is 2.69 bits per heavy atom. The molecule has 2 N–H and O–H groups in total. The molecule has 3 rings (SSSR count). The molecule has 1 saturated heterocycles. The SMILES string of the molecule is Cl.O=C(NC1C2CNCC21)c1ccc(Cl)o1. The fourth-order valence-electron chi connectivity index (χ4n) is 2.29. The maximum absolute atomic E-state index is 11.7. The fourth-order valence-corrected chi connectivity index (χ4v) is 2.44. The Morgan fingerprint density at radius 2 is 2.12 bits per heavy atom. The van der Waals surface area contributed by atoms with Gasteiger partial charge < -0.3 is 15.1 Å². The van der Waals surface area contributed by atoms with Crippen LogP contribution in [0.1, 0.15) is 10.6 Å². The van der Waals surface area contributed by atoms with E-state index in [1.54, 1.807) is 12.1 Å². The summed E-state index contributed by atoms with van der Waals surface area (Å²) >= 11 is 5.60. The number of halogens is 2. The van der Waals surface area contributed by atoms with Crippen LogP contribution in [0.5, 0.6) is 0 Å². The van der Waals surface area contributed by atoms with E-state index in [4.69, 9.17) is 16.0 Å². The van der Waals surface area contributed by atoms with Crippen LogP contribution in [0.2, 0.25) is 5.22 Å². The van der Waals surface area contributed by atoms with Gasteiger partial charge in [-0.3, -0.25) is 4.79 Å². The predicted molar refractivity (Wildman–Crippen MR) is 62.1 cm³/mol. The Hall–Kier alpha value is -0.710. The number of hydrogen-bond acceptors (Lipinski definition) is 3. The van der Waals surface area contributed by atoms with Crippen LogP contribution in [0, 0.1) is 11.8 Å². The van der Waals surface area contributed by atoms with E-state index in [-0.39, 0.29) is 29.3 Å². The highest BCUT2D eigenvalue weighted by Crippen LogP contribution is 2.41.